The summed E-state index contributed by atoms with van der Waals surface area (Å²) in [5.41, 5.74) is -0.779. The van der Waals surface area contributed by atoms with E-state index in [4.69, 9.17) is 9.84 Å². The minimum Gasteiger partial charge on any atom is -0.396 e. The van der Waals surface area contributed by atoms with Crippen LogP contribution in [0.5, 0.6) is 0 Å². The van der Waals surface area contributed by atoms with Crippen LogP contribution in [0.2, 0.25) is 0 Å². The van der Waals surface area contributed by atoms with Crippen LogP contribution in [0.4, 0.5) is 0 Å². The summed E-state index contributed by atoms with van der Waals surface area (Å²) in [6.45, 7) is 2.36. The number of likely N-dealkylation sites (tertiary alicyclic amines) is 1. The molecular formula is C18H34N2O7S. The number of likely N-dealkylation sites (N-methyl/N-ethyl adjacent to an activating group) is 1. The van der Waals surface area contributed by atoms with Gasteiger partial charge in [-0.05, 0) is 45.4 Å². The molecule has 0 radical (unpaired) electrons. The van der Waals surface area contributed by atoms with Crippen molar-refractivity contribution < 1.29 is 35.1 Å². The topological polar surface area (TPSA) is 143 Å². The third-order valence-electron chi connectivity index (χ3n) is 5.73. The lowest BCUT2D eigenvalue weighted by atomic mass is 9.92. The lowest BCUT2D eigenvalue weighted by Gasteiger charge is -2.44. The lowest BCUT2D eigenvalue weighted by Crippen LogP contribution is -2.65. The molecule has 1 amide bonds. The first-order valence-corrected chi connectivity index (χ1v) is 11.0. The molecule has 2 rings (SSSR count). The van der Waals surface area contributed by atoms with E-state index in [-0.39, 0.29) is 18.6 Å². The molecule has 0 aliphatic carbocycles. The van der Waals surface area contributed by atoms with Gasteiger partial charge in [-0.1, -0.05) is 0 Å². The molecule has 9 atom stereocenters. The number of carbonyl (C=O) groups is 1. The van der Waals surface area contributed by atoms with Gasteiger partial charge in [0.2, 0.25) is 5.91 Å². The molecule has 2 saturated heterocycles. The van der Waals surface area contributed by atoms with Gasteiger partial charge in [0, 0.05) is 13.2 Å². The Hall–Kier alpha value is -0.460. The van der Waals surface area contributed by atoms with Gasteiger partial charge >= 0.3 is 0 Å². The van der Waals surface area contributed by atoms with Crippen LogP contribution in [0.3, 0.4) is 0 Å². The second-order valence-corrected chi connectivity index (χ2v) is 8.81. The first-order chi connectivity index (χ1) is 13.2. The molecule has 10 heteroatoms. The fraction of sp³-hybridized carbons (Fsp3) is 0.944. The number of ether oxygens (including phenoxy) is 1. The molecule has 2 aliphatic heterocycles. The van der Waals surface area contributed by atoms with Crippen molar-refractivity contribution in [3.63, 3.8) is 0 Å². The fourth-order valence-corrected chi connectivity index (χ4v) is 4.78. The van der Waals surface area contributed by atoms with Gasteiger partial charge in [-0.25, -0.2) is 0 Å². The van der Waals surface area contributed by atoms with Crippen molar-refractivity contribution in [2.45, 2.75) is 74.2 Å². The van der Waals surface area contributed by atoms with Crippen molar-refractivity contribution in [2.75, 3.05) is 26.5 Å². The summed E-state index contributed by atoms with van der Waals surface area (Å²) >= 11 is 1.18. The minimum absolute atomic E-state index is 0.128. The Kier molecular flexibility index (Phi) is 8.96. The number of amides is 1. The number of hydrogen-bond acceptors (Lipinski definition) is 9. The average molecular weight is 423 g/mol. The quantitative estimate of drug-likeness (QED) is 0.265. The Morgan fingerprint density at radius 2 is 1.96 bits per heavy atom. The third-order valence-corrected chi connectivity index (χ3v) is 6.58. The summed E-state index contributed by atoms with van der Waals surface area (Å²) in [5.74, 6) is 0.0317. The molecular weight excluding hydrogens is 388 g/mol. The zero-order valence-corrected chi connectivity index (χ0v) is 17.5. The molecule has 2 heterocycles. The van der Waals surface area contributed by atoms with Crippen LogP contribution in [-0.4, -0.2) is 111 Å². The van der Waals surface area contributed by atoms with Crippen molar-refractivity contribution in [1.29, 1.82) is 0 Å². The van der Waals surface area contributed by atoms with E-state index in [1.54, 1.807) is 6.26 Å². The van der Waals surface area contributed by atoms with E-state index in [0.29, 0.717) is 18.8 Å². The zero-order chi connectivity index (χ0) is 21.0. The van der Waals surface area contributed by atoms with Crippen molar-refractivity contribution >= 4 is 17.7 Å². The molecule has 0 saturated carbocycles. The molecule has 6 N–H and O–H groups in total. The normalized spacial score (nSPS) is 38.9. The van der Waals surface area contributed by atoms with Gasteiger partial charge in [0.05, 0.1) is 18.2 Å². The molecule has 0 spiro atoms. The minimum atomic E-state index is -1.45. The predicted molar refractivity (Wildman–Crippen MR) is 105 cm³/mol. The van der Waals surface area contributed by atoms with E-state index in [0.717, 1.165) is 13.0 Å². The van der Waals surface area contributed by atoms with Crippen molar-refractivity contribution in [2.24, 2.45) is 5.92 Å². The average Bonchev–Trinajstić information content (AvgIpc) is 3.03. The van der Waals surface area contributed by atoms with Crippen LogP contribution in [0.15, 0.2) is 0 Å². The Bertz CT molecular complexity index is 510. The van der Waals surface area contributed by atoms with E-state index < -0.39 is 42.0 Å². The molecule has 2 aliphatic rings. The summed E-state index contributed by atoms with van der Waals surface area (Å²) in [7, 11) is 1.86. The maximum atomic E-state index is 12.9. The van der Waals surface area contributed by atoms with Gasteiger partial charge in [-0.2, -0.15) is 0 Å². The number of aliphatic hydroxyl groups excluding tert-OH is 5. The number of hydrogen-bond donors (Lipinski definition) is 6. The second kappa shape index (κ2) is 10.5. The number of thioether (sulfide) groups is 1. The fourth-order valence-electron chi connectivity index (χ4n) is 4.10. The van der Waals surface area contributed by atoms with Crippen molar-refractivity contribution in [3.05, 3.63) is 0 Å². The predicted octanol–water partition coefficient (Wildman–Crippen LogP) is -1.88. The van der Waals surface area contributed by atoms with Gasteiger partial charge in [-0.15, -0.1) is 11.8 Å². The largest absolute Gasteiger partial charge is 0.396 e. The summed E-state index contributed by atoms with van der Waals surface area (Å²) in [6.07, 6.45) is -2.36. The van der Waals surface area contributed by atoms with Crippen molar-refractivity contribution in [1.82, 2.24) is 10.2 Å². The molecule has 0 aromatic rings. The van der Waals surface area contributed by atoms with E-state index >= 15 is 0 Å². The van der Waals surface area contributed by atoms with Crippen LogP contribution < -0.4 is 5.32 Å². The summed E-state index contributed by atoms with van der Waals surface area (Å²) in [4.78, 5) is 14.8. The van der Waals surface area contributed by atoms with E-state index in [9.17, 15) is 25.2 Å². The SMILES string of the molecule is CS[C@H]1O[C@H]([C@H](NC(=O)[C@@H]2C[C@@H](CCCO)CN2C)[C@@H](C)O)[C@H](O)[C@H](O)[C@H]1O. The monoisotopic (exact) mass is 422 g/mol. The van der Waals surface area contributed by atoms with E-state index in [1.807, 2.05) is 11.9 Å². The first-order valence-electron chi connectivity index (χ1n) is 9.73. The van der Waals surface area contributed by atoms with Crippen LogP contribution in [0.25, 0.3) is 0 Å². The number of aliphatic hydroxyl groups is 5. The number of carbonyl (C=O) groups excluding carboxylic acids is 1. The van der Waals surface area contributed by atoms with Gasteiger partial charge in [-0.3, -0.25) is 9.69 Å². The Morgan fingerprint density at radius 1 is 1.29 bits per heavy atom. The Balaban J connectivity index is 2.07. The van der Waals surface area contributed by atoms with Gasteiger partial charge in [0.25, 0.3) is 0 Å². The van der Waals surface area contributed by atoms with Crippen LogP contribution in [-0.2, 0) is 9.53 Å². The highest BCUT2D eigenvalue weighted by Gasteiger charge is 2.48. The van der Waals surface area contributed by atoms with Crippen LogP contribution in [0, 0.1) is 5.92 Å². The maximum Gasteiger partial charge on any atom is 0.237 e. The molecule has 2 fully saturated rings. The standard InChI is InChI=1S/C18H34N2O7S/c1-9(22)12(16-14(24)13(23)15(25)18(27-16)28-3)19-17(26)11-7-10(5-4-6-21)8-20(11)2/h9-16,18,21-25H,4-8H2,1-3H3,(H,19,26)/t9-,10-,11+,12-,13+,14-,15-,16-,18-/m1/s1. The Labute approximate surface area is 170 Å². The van der Waals surface area contributed by atoms with Crippen LogP contribution in [0.1, 0.15) is 26.2 Å². The summed E-state index contributed by atoms with van der Waals surface area (Å²) < 4.78 is 5.71. The zero-order valence-electron chi connectivity index (χ0n) is 16.6. The van der Waals surface area contributed by atoms with Gasteiger partial charge in [0.15, 0.2) is 0 Å². The molecule has 0 aromatic heterocycles. The summed E-state index contributed by atoms with van der Waals surface area (Å²) in [6, 6.07) is -1.32. The first kappa shape index (κ1) is 23.8. The maximum absolute atomic E-state index is 12.9. The van der Waals surface area contributed by atoms with Crippen molar-refractivity contribution in [3.8, 4) is 0 Å². The number of nitrogens with one attached hydrogen (secondary N) is 1. The molecule has 0 unspecified atom stereocenters. The van der Waals surface area contributed by atoms with E-state index in [1.165, 1.54) is 18.7 Å². The molecule has 0 bridgehead atoms. The molecule has 9 nitrogen and oxygen atoms in total. The number of rotatable bonds is 8. The highest BCUT2D eigenvalue weighted by atomic mass is 32.2. The lowest BCUT2D eigenvalue weighted by molar-refractivity contribution is -0.211. The second-order valence-electron chi connectivity index (χ2n) is 7.87. The van der Waals surface area contributed by atoms with Crippen LogP contribution >= 0.6 is 11.8 Å². The van der Waals surface area contributed by atoms with Gasteiger partial charge in [0.1, 0.15) is 29.9 Å². The summed E-state index contributed by atoms with van der Waals surface area (Å²) in [5, 5.41) is 52.5. The molecule has 164 valence electrons. The molecule has 28 heavy (non-hydrogen) atoms. The highest BCUT2D eigenvalue weighted by molar-refractivity contribution is 7.99. The Morgan fingerprint density at radius 3 is 2.54 bits per heavy atom. The van der Waals surface area contributed by atoms with E-state index in [2.05, 4.69) is 5.32 Å². The van der Waals surface area contributed by atoms with Gasteiger partial charge < -0.3 is 35.6 Å². The number of nitrogens with zero attached hydrogens (tertiary/aromatic N) is 1. The third kappa shape index (κ3) is 5.37. The highest BCUT2D eigenvalue weighted by Crippen LogP contribution is 2.30. The smallest absolute Gasteiger partial charge is 0.237 e. The molecule has 0 aromatic carbocycles.